The molecule has 0 amide bonds. The predicted molar refractivity (Wildman–Crippen MR) is 193 cm³/mol. The van der Waals surface area contributed by atoms with Crippen LogP contribution in [-0.4, -0.2) is 79.0 Å². The van der Waals surface area contributed by atoms with E-state index < -0.39 is 0 Å². The van der Waals surface area contributed by atoms with Gasteiger partial charge in [0.15, 0.2) is 5.75 Å². The average molecular weight is 670 g/mol. The van der Waals surface area contributed by atoms with Crippen LogP contribution in [0.3, 0.4) is 0 Å². The van der Waals surface area contributed by atoms with E-state index in [4.69, 9.17) is 14.8 Å². The highest BCUT2D eigenvalue weighted by molar-refractivity contribution is 5.84. The van der Waals surface area contributed by atoms with Crippen LogP contribution in [0.4, 0.5) is 0 Å². The van der Waals surface area contributed by atoms with E-state index in [0.29, 0.717) is 24.1 Å². The molecule has 2 fully saturated rings. The molecule has 49 heavy (non-hydrogen) atoms. The number of fused-ring (bicyclic) bond motifs is 1. The van der Waals surface area contributed by atoms with Crippen molar-refractivity contribution in [1.29, 1.82) is 0 Å². The van der Waals surface area contributed by atoms with Crippen LogP contribution in [-0.2, 0) is 35.9 Å². The van der Waals surface area contributed by atoms with Gasteiger partial charge in [0.25, 0.3) is 0 Å². The Labute approximate surface area is 291 Å². The van der Waals surface area contributed by atoms with E-state index in [-0.39, 0.29) is 5.97 Å². The molecule has 1 spiro atoms. The smallest absolute Gasteiger partial charge is 0.348 e. The molecule has 1 N–H and O–H groups in total. The number of imidazole rings is 2. The lowest BCUT2D eigenvalue weighted by molar-refractivity contribution is -0.213. The van der Waals surface area contributed by atoms with Crippen molar-refractivity contribution in [2.24, 2.45) is 5.41 Å². The predicted octanol–water partition coefficient (Wildman–Crippen LogP) is 6.97. The topological polar surface area (TPSA) is 91.8 Å². The number of aromatic nitrogens is 4. The van der Waals surface area contributed by atoms with E-state index in [2.05, 4.69) is 67.5 Å². The molecule has 2 saturated heterocycles. The minimum absolute atomic E-state index is 0.336. The summed E-state index contributed by atoms with van der Waals surface area (Å²) in [6, 6.07) is 13.0. The zero-order chi connectivity index (χ0) is 34.1. The standard InChI is InChI=1S/C39H55N7O3/c1-4-8-38(47)49-48-35-12-11-32-25-31(9-10-33(32)26-35)27-44(28-36-40-16-17-41-36)29-37-42-18-24-46(37)20-7-19-43-21-13-39(30-43)14-22-45(23-15-39)34(5-2)6-3/h9-12,16-18,24-26,34H,4-8,13-15,19-23,27-30H2,1-3H3,(H,40,41). The lowest BCUT2D eigenvalue weighted by Gasteiger charge is -2.42. The van der Waals surface area contributed by atoms with Crippen LogP contribution in [0.25, 0.3) is 10.8 Å². The second kappa shape index (κ2) is 16.8. The number of aryl methyl sites for hydroxylation is 1. The molecule has 0 saturated carbocycles. The molecule has 2 aromatic carbocycles. The number of rotatable bonds is 17. The van der Waals surface area contributed by atoms with Crippen molar-refractivity contribution in [3.63, 3.8) is 0 Å². The van der Waals surface area contributed by atoms with Crippen molar-refractivity contribution in [1.82, 2.24) is 34.2 Å². The maximum Gasteiger partial charge on any atom is 0.355 e. The number of hydrogen-bond acceptors (Lipinski definition) is 8. The highest BCUT2D eigenvalue weighted by Gasteiger charge is 2.40. The van der Waals surface area contributed by atoms with Gasteiger partial charge in [0.1, 0.15) is 11.6 Å². The molecule has 2 aromatic heterocycles. The molecule has 0 bridgehead atoms. The molecule has 264 valence electrons. The maximum atomic E-state index is 11.7. The van der Waals surface area contributed by atoms with Gasteiger partial charge in [0.05, 0.1) is 13.1 Å². The molecule has 10 nitrogen and oxygen atoms in total. The number of piperidine rings is 1. The molecule has 0 aliphatic carbocycles. The van der Waals surface area contributed by atoms with E-state index in [1.807, 2.05) is 43.7 Å². The van der Waals surface area contributed by atoms with Crippen molar-refractivity contribution in [3.8, 4) is 5.75 Å². The van der Waals surface area contributed by atoms with Crippen molar-refractivity contribution in [2.75, 3.05) is 32.7 Å². The lowest BCUT2D eigenvalue weighted by Crippen LogP contribution is -2.45. The summed E-state index contributed by atoms with van der Waals surface area (Å²) >= 11 is 0. The molecule has 10 heteroatoms. The first-order valence-corrected chi connectivity index (χ1v) is 18.5. The third-order valence-electron chi connectivity index (χ3n) is 10.8. The minimum atomic E-state index is -0.362. The van der Waals surface area contributed by atoms with Crippen LogP contribution < -0.4 is 4.89 Å². The maximum absolute atomic E-state index is 11.7. The van der Waals surface area contributed by atoms with Gasteiger partial charge >= 0.3 is 5.97 Å². The van der Waals surface area contributed by atoms with Gasteiger partial charge in [-0.25, -0.2) is 14.8 Å². The monoisotopic (exact) mass is 669 g/mol. The molecule has 0 unspecified atom stereocenters. The van der Waals surface area contributed by atoms with Gasteiger partial charge in [0, 0.05) is 56.9 Å². The Morgan fingerprint density at radius 3 is 2.51 bits per heavy atom. The van der Waals surface area contributed by atoms with E-state index in [9.17, 15) is 4.79 Å². The third-order valence-corrected chi connectivity index (χ3v) is 10.8. The molecule has 4 heterocycles. The van der Waals surface area contributed by atoms with E-state index >= 15 is 0 Å². The van der Waals surface area contributed by atoms with Gasteiger partial charge in [-0.05, 0) is 111 Å². The van der Waals surface area contributed by atoms with E-state index in [1.54, 1.807) is 0 Å². The zero-order valence-corrected chi connectivity index (χ0v) is 29.8. The van der Waals surface area contributed by atoms with Crippen LogP contribution in [0, 0.1) is 5.41 Å². The minimum Gasteiger partial charge on any atom is -0.348 e. The highest BCUT2D eigenvalue weighted by Crippen LogP contribution is 2.41. The fraction of sp³-hybridized carbons (Fsp3) is 0.564. The van der Waals surface area contributed by atoms with Gasteiger partial charge in [-0.15, -0.1) is 0 Å². The van der Waals surface area contributed by atoms with Gasteiger partial charge < -0.3 is 19.4 Å². The molecule has 6 rings (SSSR count). The first-order chi connectivity index (χ1) is 24.0. The molecule has 4 aromatic rings. The number of hydrogen-bond donors (Lipinski definition) is 1. The SMILES string of the molecule is CCCC(=O)OOc1ccc2cc(CN(Cc3ncc[nH]3)Cc3nccn3CCCN3CCC4(CCN(C(CC)CC)CC4)C3)ccc2c1. The van der Waals surface area contributed by atoms with Gasteiger partial charge in [0.2, 0.25) is 0 Å². The number of nitrogens with one attached hydrogen (secondary N) is 1. The first kappa shape index (κ1) is 35.1. The summed E-state index contributed by atoms with van der Waals surface area (Å²) < 4.78 is 2.34. The van der Waals surface area contributed by atoms with Crippen molar-refractivity contribution >= 4 is 16.7 Å². The Balaban J connectivity index is 1.03. The second-order valence-electron chi connectivity index (χ2n) is 14.2. The van der Waals surface area contributed by atoms with Crippen LogP contribution in [0.2, 0.25) is 0 Å². The summed E-state index contributed by atoms with van der Waals surface area (Å²) in [5.41, 5.74) is 1.74. The van der Waals surface area contributed by atoms with Crippen molar-refractivity contribution in [2.45, 2.75) is 104 Å². The Morgan fingerprint density at radius 1 is 0.939 bits per heavy atom. The summed E-state index contributed by atoms with van der Waals surface area (Å²) in [4.78, 5) is 42.4. The van der Waals surface area contributed by atoms with E-state index in [1.165, 1.54) is 63.8 Å². The van der Waals surface area contributed by atoms with Crippen LogP contribution in [0.5, 0.6) is 5.75 Å². The van der Waals surface area contributed by atoms with Crippen molar-refractivity contribution in [3.05, 3.63) is 78.4 Å². The average Bonchev–Trinajstić information content (AvgIpc) is 3.88. The third kappa shape index (κ3) is 9.29. The lowest BCUT2D eigenvalue weighted by atomic mass is 9.77. The second-order valence-corrected chi connectivity index (χ2v) is 14.2. The summed E-state index contributed by atoms with van der Waals surface area (Å²) in [6.07, 6.45) is 16.6. The Kier molecular flexibility index (Phi) is 12.0. The fourth-order valence-corrected chi connectivity index (χ4v) is 7.94. The number of aromatic amines is 1. The number of likely N-dealkylation sites (tertiary alicyclic amines) is 2. The van der Waals surface area contributed by atoms with Crippen LogP contribution >= 0.6 is 0 Å². The number of nitrogens with zero attached hydrogens (tertiary/aromatic N) is 6. The molecule has 2 aliphatic rings. The molecule has 2 aliphatic heterocycles. The fourth-order valence-electron chi connectivity index (χ4n) is 7.94. The number of H-pyrrole nitrogens is 1. The Hall–Kier alpha value is -3.73. The van der Waals surface area contributed by atoms with Crippen LogP contribution in [0.1, 0.15) is 89.4 Å². The molecule has 0 radical (unpaired) electrons. The van der Waals surface area contributed by atoms with Crippen molar-refractivity contribution < 1.29 is 14.6 Å². The molecular formula is C39H55N7O3. The number of carbonyl (C=O) groups excluding carboxylic acids is 1. The normalized spacial score (nSPS) is 16.8. The van der Waals surface area contributed by atoms with Gasteiger partial charge in [-0.2, -0.15) is 0 Å². The molecular weight excluding hydrogens is 614 g/mol. The summed E-state index contributed by atoms with van der Waals surface area (Å²) in [5, 5.41) is 2.13. The summed E-state index contributed by atoms with van der Waals surface area (Å²) in [6.45, 7) is 16.0. The summed E-state index contributed by atoms with van der Waals surface area (Å²) in [5.74, 6) is 2.17. The largest absolute Gasteiger partial charge is 0.355 e. The quantitative estimate of drug-likeness (QED) is 0.0953. The summed E-state index contributed by atoms with van der Waals surface area (Å²) in [7, 11) is 0. The van der Waals surface area contributed by atoms with Gasteiger partial charge in [-0.1, -0.05) is 39.0 Å². The van der Waals surface area contributed by atoms with Crippen LogP contribution in [0.15, 0.2) is 61.2 Å². The Morgan fingerprint density at radius 2 is 1.73 bits per heavy atom. The zero-order valence-electron chi connectivity index (χ0n) is 29.8. The number of carbonyl (C=O) groups is 1. The van der Waals surface area contributed by atoms with E-state index in [0.717, 1.165) is 67.5 Å². The number of benzene rings is 2. The first-order valence-electron chi connectivity index (χ1n) is 18.5. The molecule has 0 atom stereocenters. The highest BCUT2D eigenvalue weighted by atomic mass is 17.2. The van der Waals surface area contributed by atoms with Gasteiger partial charge in [-0.3, -0.25) is 14.7 Å². The Bertz CT molecular complexity index is 1610.